The molecule has 0 saturated heterocycles. The molecule has 4 heteroatoms. The predicted molar refractivity (Wildman–Crippen MR) is 101 cm³/mol. The van der Waals surface area contributed by atoms with Gasteiger partial charge in [-0.1, -0.05) is 42.5 Å². The smallest absolute Gasteiger partial charge is 0.256 e. The SMILES string of the molecule is CN(Cc1cccc(F)c1)C(=O)c1cc2ccccc2c2cccnc12. The summed E-state index contributed by atoms with van der Waals surface area (Å²) in [6.45, 7) is 0.331. The fraction of sp³-hybridized carbons (Fsp3) is 0.0909. The molecule has 0 N–H and O–H groups in total. The van der Waals surface area contributed by atoms with Crippen LogP contribution in [0, 0.1) is 5.82 Å². The third-order valence-electron chi connectivity index (χ3n) is 4.50. The van der Waals surface area contributed by atoms with Crippen LogP contribution in [-0.4, -0.2) is 22.8 Å². The lowest BCUT2D eigenvalue weighted by molar-refractivity contribution is 0.0787. The maximum Gasteiger partial charge on any atom is 0.256 e. The van der Waals surface area contributed by atoms with Crippen molar-refractivity contribution in [3.63, 3.8) is 0 Å². The van der Waals surface area contributed by atoms with Crippen LogP contribution in [0.5, 0.6) is 0 Å². The van der Waals surface area contributed by atoms with Gasteiger partial charge in [0.05, 0.1) is 11.1 Å². The van der Waals surface area contributed by atoms with Crippen LogP contribution in [0.1, 0.15) is 15.9 Å². The average molecular weight is 344 g/mol. The zero-order valence-electron chi connectivity index (χ0n) is 14.3. The van der Waals surface area contributed by atoms with Gasteiger partial charge >= 0.3 is 0 Å². The van der Waals surface area contributed by atoms with E-state index in [1.165, 1.54) is 12.1 Å². The topological polar surface area (TPSA) is 33.2 Å². The molecule has 0 bridgehead atoms. The van der Waals surface area contributed by atoms with Crippen molar-refractivity contribution in [1.82, 2.24) is 9.88 Å². The lowest BCUT2D eigenvalue weighted by Crippen LogP contribution is -2.26. The van der Waals surface area contributed by atoms with Crippen molar-refractivity contribution in [3.05, 3.63) is 89.9 Å². The highest BCUT2D eigenvalue weighted by molar-refractivity contribution is 6.15. The van der Waals surface area contributed by atoms with Gasteiger partial charge in [-0.2, -0.15) is 0 Å². The summed E-state index contributed by atoms with van der Waals surface area (Å²) in [5.74, 6) is -0.440. The van der Waals surface area contributed by atoms with Crippen LogP contribution in [0.15, 0.2) is 72.9 Å². The number of pyridine rings is 1. The summed E-state index contributed by atoms with van der Waals surface area (Å²) in [5.41, 5.74) is 1.99. The van der Waals surface area contributed by atoms with E-state index in [4.69, 9.17) is 0 Å². The highest BCUT2D eigenvalue weighted by Gasteiger charge is 2.18. The Balaban J connectivity index is 1.78. The summed E-state index contributed by atoms with van der Waals surface area (Å²) < 4.78 is 13.4. The van der Waals surface area contributed by atoms with Crippen LogP contribution < -0.4 is 0 Å². The monoisotopic (exact) mass is 344 g/mol. The third-order valence-corrected chi connectivity index (χ3v) is 4.50. The van der Waals surface area contributed by atoms with Crippen molar-refractivity contribution in [1.29, 1.82) is 0 Å². The van der Waals surface area contributed by atoms with Crippen LogP contribution in [0.2, 0.25) is 0 Å². The van der Waals surface area contributed by atoms with Gasteiger partial charge in [0.1, 0.15) is 5.82 Å². The third kappa shape index (κ3) is 2.90. The molecule has 0 spiro atoms. The fourth-order valence-electron chi connectivity index (χ4n) is 3.28. The first kappa shape index (κ1) is 16.2. The highest BCUT2D eigenvalue weighted by atomic mass is 19.1. The molecule has 0 radical (unpaired) electrons. The van der Waals surface area contributed by atoms with E-state index in [2.05, 4.69) is 4.98 Å². The molecule has 3 nitrogen and oxygen atoms in total. The molecular formula is C22H17FN2O. The van der Waals surface area contributed by atoms with E-state index in [1.807, 2.05) is 48.5 Å². The van der Waals surface area contributed by atoms with Crippen molar-refractivity contribution in [3.8, 4) is 0 Å². The number of fused-ring (bicyclic) bond motifs is 3. The predicted octanol–water partition coefficient (Wildman–Crippen LogP) is 4.80. The maximum atomic E-state index is 13.4. The van der Waals surface area contributed by atoms with E-state index in [1.54, 1.807) is 24.2 Å². The zero-order valence-corrected chi connectivity index (χ0v) is 14.3. The Labute approximate surface area is 150 Å². The number of benzene rings is 3. The molecule has 4 rings (SSSR count). The number of carbonyl (C=O) groups is 1. The minimum atomic E-state index is -0.304. The molecule has 1 heterocycles. The van der Waals surface area contributed by atoms with E-state index >= 15 is 0 Å². The quantitative estimate of drug-likeness (QED) is 0.500. The molecule has 1 amide bonds. The lowest BCUT2D eigenvalue weighted by Gasteiger charge is -2.19. The van der Waals surface area contributed by atoms with E-state index < -0.39 is 0 Å². The molecule has 26 heavy (non-hydrogen) atoms. The maximum absolute atomic E-state index is 13.4. The Hall–Kier alpha value is -3.27. The van der Waals surface area contributed by atoms with Gasteiger partial charge in [0.2, 0.25) is 0 Å². The summed E-state index contributed by atoms with van der Waals surface area (Å²) in [7, 11) is 1.72. The van der Waals surface area contributed by atoms with Crippen LogP contribution in [0.4, 0.5) is 4.39 Å². The van der Waals surface area contributed by atoms with E-state index in [0.717, 1.165) is 21.7 Å². The largest absolute Gasteiger partial charge is 0.337 e. The zero-order chi connectivity index (χ0) is 18.1. The Bertz CT molecular complexity index is 1120. The number of carbonyl (C=O) groups excluding carboxylic acids is 1. The second-order valence-corrected chi connectivity index (χ2v) is 6.34. The van der Waals surface area contributed by atoms with E-state index in [9.17, 15) is 9.18 Å². The van der Waals surface area contributed by atoms with Crippen LogP contribution >= 0.6 is 0 Å². The van der Waals surface area contributed by atoms with Crippen LogP contribution in [0.25, 0.3) is 21.7 Å². The second-order valence-electron chi connectivity index (χ2n) is 6.34. The summed E-state index contributed by atoms with van der Waals surface area (Å²) in [4.78, 5) is 19.1. The second kappa shape index (κ2) is 6.56. The number of hydrogen-bond donors (Lipinski definition) is 0. The normalized spacial score (nSPS) is 11.0. The summed E-state index contributed by atoms with van der Waals surface area (Å²) in [5, 5.41) is 3.02. The Kier molecular flexibility index (Phi) is 4.09. The summed E-state index contributed by atoms with van der Waals surface area (Å²) in [6.07, 6.45) is 1.69. The van der Waals surface area contributed by atoms with E-state index in [0.29, 0.717) is 17.6 Å². The molecule has 1 aromatic heterocycles. The van der Waals surface area contributed by atoms with Crippen molar-refractivity contribution in [2.45, 2.75) is 6.54 Å². The van der Waals surface area contributed by atoms with Crippen LogP contribution in [0.3, 0.4) is 0 Å². The summed E-state index contributed by atoms with van der Waals surface area (Å²) >= 11 is 0. The fourth-order valence-corrected chi connectivity index (χ4v) is 3.28. The van der Waals surface area contributed by atoms with E-state index in [-0.39, 0.29) is 11.7 Å². The Morgan fingerprint density at radius 1 is 1.00 bits per heavy atom. The number of aromatic nitrogens is 1. The van der Waals surface area contributed by atoms with Crippen LogP contribution in [-0.2, 0) is 6.54 Å². The molecule has 0 atom stereocenters. The molecule has 0 aliphatic rings. The first-order valence-corrected chi connectivity index (χ1v) is 8.40. The Morgan fingerprint density at radius 3 is 2.65 bits per heavy atom. The molecular weight excluding hydrogens is 327 g/mol. The minimum Gasteiger partial charge on any atom is -0.337 e. The first-order chi connectivity index (χ1) is 12.6. The standard InChI is InChI=1S/C22H17FN2O/c1-25(14-15-6-4-8-17(23)12-15)22(26)20-13-16-7-2-3-9-18(16)19-10-5-11-24-21(19)20/h2-13H,14H2,1H3. The first-order valence-electron chi connectivity index (χ1n) is 8.40. The van der Waals surface area contributed by atoms with Crippen molar-refractivity contribution < 1.29 is 9.18 Å². The van der Waals surface area contributed by atoms with Gasteiger partial charge in [0.15, 0.2) is 0 Å². The van der Waals surface area contributed by atoms with Gasteiger partial charge in [0, 0.05) is 25.2 Å². The number of amides is 1. The number of hydrogen-bond acceptors (Lipinski definition) is 2. The van der Waals surface area contributed by atoms with Gasteiger partial charge in [0.25, 0.3) is 5.91 Å². The van der Waals surface area contributed by atoms with Gasteiger partial charge in [-0.05, 0) is 40.6 Å². The number of nitrogens with zero attached hydrogens (tertiary/aromatic N) is 2. The molecule has 128 valence electrons. The number of rotatable bonds is 3. The lowest BCUT2D eigenvalue weighted by atomic mass is 10.00. The molecule has 0 saturated carbocycles. The minimum absolute atomic E-state index is 0.135. The van der Waals surface area contributed by atoms with Gasteiger partial charge in [-0.3, -0.25) is 9.78 Å². The van der Waals surface area contributed by atoms with Crippen molar-refractivity contribution in [2.75, 3.05) is 7.05 Å². The molecule has 0 aliphatic carbocycles. The molecule has 4 aromatic rings. The van der Waals surface area contributed by atoms with Gasteiger partial charge < -0.3 is 4.90 Å². The molecule has 3 aromatic carbocycles. The molecule has 0 aliphatic heterocycles. The molecule has 0 fully saturated rings. The van der Waals surface area contributed by atoms with Crippen molar-refractivity contribution >= 4 is 27.6 Å². The molecule has 0 unspecified atom stereocenters. The average Bonchev–Trinajstić information content (AvgIpc) is 2.67. The van der Waals surface area contributed by atoms with Crippen molar-refractivity contribution in [2.24, 2.45) is 0 Å². The highest BCUT2D eigenvalue weighted by Crippen LogP contribution is 2.28. The van der Waals surface area contributed by atoms with Gasteiger partial charge in [-0.15, -0.1) is 0 Å². The van der Waals surface area contributed by atoms with Gasteiger partial charge in [-0.25, -0.2) is 4.39 Å². The Morgan fingerprint density at radius 2 is 1.81 bits per heavy atom. The summed E-state index contributed by atoms with van der Waals surface area (Å²) in [6, 6.07) is 20.0. The number of halogens is 1.